The quantitative estimate of drug-likeness (QED) is 0.917. The number of halogens is 1. The molecule has 2 rings (SSSR count). The standard InChI is InChI=1S/C16H18FN3O/c1-3-8-18-13-7-9-19-15(11-13)16(21)20(2)14-6-4-5-12(17)10-14/h4-7,9-11H,3,8H2,1-2H3,(H,18,19). The van der Waals surface area contributed by atoms with Gasteiger partial charge in [0.15, 0.2) is 0 Å². The van der Waals surface area contributed by atoms with Crippen molar-refractivity contribution in [3.8, 4) is 0 Å². The SMILES string of the molecule is CCCNc1ccnc(C(=O)N(C)c2cccc(F)c2)c1. The summed E-state index contributed by atoms with van der Waals surface area (Å²) in [4.78, 5) is 17.9. The highest BCUT2D eigenvalue weighted by atomic mass is 19.1. The van der Waals surface area contributed by atoms with Crippen LogP contribution in [0.25, 0.3) is 0 Å². The van der Waals surface area contributed by atoms with Crippen LogP contribution in [-0.2, 0) is 0 Å². The average molecular weight is 287 g/mol. The predicted octanol–water partition coefficient (Wildman–Crippen LogP) is 3.32. The summed E-state index contributed by atoms with van der Waals surface area (Å²) < 4.78 is 13.2. The average Bonchev–Trinajstić information content (AvgIpc) is 2.51. The van der Waals surface area contributed by atoms with Crippen LogP contribution in [0.4, 0.5) is 15.8 Å². The lowest BCUT2D eigenvalue weighted by atomic mass is 10.2. The Morgan fingerprint density at radius 3 is 2.86 bits per heavy atom. The van der Waals surface area contributed by atoms with Gasteiger partial charge in [-0.2, -0.15) is 0 Å². The van der Waals surface area contributed by atoms with Crippen LogP contribution in [0.15, 0.2) is 42.6 Å². The number of carbonyl (C=O) groups excluding carboxylic acids is 1. The summed E-state index contributed by atoms with van der Waals surface area (Å²) in [5.41, 5.74) is 1.67. The summed E-state index contributed by atoms with van der Waals surface area (Å²) in [5, 5.41) is 3.21. The molecule has 1 aromatic heterocycles. The molecular weight excluding hydrogens is 269 g/mol. The van der Waals surface area contributed by atoms with E-state index in [1.54, 1.807) is 31.4 Å². The number of nitrogens with one attached hydrogen (secondary N) is 1. The van der Waals surface area contributed by atoms with E-state index in [1.165, 1.54) is 17.0 Å². The fraction of sp³-hybridized carbons (Fsp3) is 0.250. The zero-order valence-electron chi connectivity index (χ0n) is 12.1. The summed E-state index contributed by atoms with van der Waals surface area (Å²) in [6.45, 7) is 2.90. The van der Waals surface area contributed by atoms with E-state index in [0.717, 1.165) is 18.7 Å². The Morgan fingerprint density at radius 1 is 1.33 bits per heavy atom. The van der Waals surface area contributed by atoms with Gasteiger partial charge in [-0.1, -0.05) is 13.0 Å². The Kier molecular flexibility index (Phi) is 4.87. The van der Waals surface area contributed by atoms with Crippen LogP contribution in [0, 0.1) is 5.82 Å². The lowest BCUT2D eigenvalue weighted by molar-refractivity contribution is 0.0988. The molecule has 0 unspecified atom stereocenters. The van der Waals surface area contributed by atoms with Gasteiger partial charge in [0, 0.05) is 31.2 Å². The summed E-state index contributed by atoms with van der Waals surface area (Å²) >= 11 is 0. The highest BCUT2D eigenvalue weighted by molar-refractivity contribution is 6.04. The molecule has 0 bridgehead atoms. The van der Waals surface area contributed by atoms with Gasteiger partial charge in [-0.15, -0.1) is 0 Å². The number of hydrogen-bond donors (Lipinski definition) is 1. The third-order valence-electron chi connectivity index (χ3n) is 3.06. The van der Waals surface area contributed by atoms with Gasteiger partial charge in [0.25, 0.3) is 5.91 Å². The van der Waals surface area contributed by atoms with E-state index in [-0.39, 0.29) is 11.7 Å². The van der Waals surface area contributed by atoms with Crippen LogP contribution in [0.3, 0.4) is 0 Å². The van der Waals surface area contributed by atoms with Crippen molar-refractivity contribution in [3.63, 3.8) is 0 Å². The summed E-state index contributed by atoms with van der Waals surface area (Å²) in [6.07, 6.45) is 2.58. The van der Waals surface area contributed by atoms with Crippen molar-refractivity contribution in [3.05, 3.63) is 54.1 Å². The van der Waals surface area contributed by atoms with Crippen LogP contribution >= 0.6 is 0 Å². The third kappa shape index (κ3) is 3.78. The van der Waals surface area contributed by atoms with Crippen LogP contribution < -0.4 is 10.2 Å². The van der Waals surface area contributed by atoms with E-state index in [0.29, 0.717) is 11.4 Å². The highest BCUT2D eigenvalue weighted by Gasteiger charge is 2.15. The molecule has 1 N–H and O–H groups in total. The second kappa shape index (κ2) is 6.83. The molecule has 0 atom stereocenters. The number of nitrogens with zero attached hydrogens (tertiary/aromatic N) is 2. The summed E-state index contributed by atoms with van der Waals surface area (Å²) in [5.74, 6) is -0.653. The summed E-state index contributed by atoms with van der Waals surface area (Å²) in [6, 6.07) is 9.43. The molecule has 110 valence electrons. The molecule has 2 aromatic rings. The maximum Gasteiger partial charge on any atom is 0.276 e. The monoisotopic (exact) mass is 287 g/mol. The number of rotatable bonds is 5. The highest BCUT2D eigenvalue weighted by Crippen LogP contribution is 2.17. The van der Waals surface area contributed by atoms with E-state index in [4.69, 9.17) is 0 Å². The maximum absolute atomic E-state index is 13.2. The first-order valence-electron chi connectivity index (χ1n) is 6.85. The number of carbonyl (C=O) groups is 1. The molecular formula is C16H18FN3O. The molecule has 0 saturated heterocycles. The van der Waals surface area contributed by atoms with E-state index in [9.17, 15) is 9.18 Å². The van der Waals surface area contributed by atoms with Gasteiger partial charge in [-0.05, 0) is 36.8 Å². The molecule has 0 saturated carbocycles. The molecule has 21 heavy (non-hydrogen) atoms. The van der Waals surface area contributed by atoms with E-state index >= 15 is 0 Å². The molecule has 0 fully saturated rings. The van der Waals surface area contributed by atoms with Crippen molar-refractivity contribution in [2.24, 2.45) is 0 Å². The Balaban J connectivity index is 2.19. The van der Waals surface area contributed by atoms with Crippen molar-refractivity contribution in [1.29, 1.82) is 0 Å². The third-order valence-corrected chi connectivity index (χ3v) is 3.06. The molecule has 1 amide bonds. The van der Waals surface area contributed by atoms with Crippen molar-refractivity contribution >= 4 is 17.3 Å². The van der Waals surface area contributed by atoms with Crippen LogP contribution in [-0.4, -0.2) is 24.5 Å². The van der Waals surface area contributed by atoms with Gasteiger partial charge >= 0.3 is 0 Å². The fourth-order valence-electron chi connectivity index (χ4n) is 1.90. The molecule has 0 spiro atoms. The number of benzene rings is 1. The van der Waals surface area contributed by atoms with Crippen molar-refractivity contribution in [1.82, 2.24) is 4.98 Å². The van der Waals surface area contributed by atoms with Gasteiger partial charge in [0.1, 0.15) is 11.5 Å². The normalized spacial score (nSPS) is 10.2. The maximum atomic E-state index is 13.2. The summed E-state index contributed by atoms with van der Waals surface area (Å²) in [7, 11) is 1.60. The molecule has 1 aromatic carbocycles. The van der Waals surface area contributed by atoms with Crippen molar-refractivity contribution in [2.45, 2.75) is 13.3 Å². The first kappa shape index (κ1) is 15.0. The Bertz CT molecular complexity index is 630. The van der Waals surface area contributed by atoms with Gasteiger partial charge in [-0.3, -0.25) is 9.78 Å². The Labute approximate surface area is 123 Å². The first-order valence-corrected chi connectivity index (χ1v) is 6.85. The molecule has 0 aliphatic carbocycles. The smallest absolute Gasteiger partial charge is 0.276 e. The van der Waals surface area contributed by atoms with E-state index in [2.05, 4.69) is 17.2 Å². The molecule has 0 radical (unpaired) electrons. The van der Waals surface area contributed by atoms with Gasteiger partial charge in [0.05, 0.1) is 0 Å². The number of aromatic nitrogens is 1. The number of anilines is 2. The predicted molar refractivity (Wildman–Crippen MR) is 82.2 cm³/mol. The van der Waals surface area contributed by atoms with E-state index < -0.39 is 0 Å². The Morgan fingerprint density at radius 2 is 2.14 bits per heavy atom. The zero-order chi connectivity index (χ0) is 15.2. The molecule has 4 nitrogen and oxygen atoms in total. The molecule has 5 heteroatoms. The van der Waals surface area contributed by atoms with Crippen LogP contribution in [0.2, 0.25) is 0 Å². The lowest BCUT2D eigenvalue weighted by Crippen LogP contribution is -2.27. The largest absolute Gasteiger partial charge is 0.385 e. The second-order valence-electron chi connectivity index (χ2n) is 4.70. The zero-order valence-corrected chi connectivity index (χ0v) is 12.1. The Hall–Kier alpha value is -2.43. The minimum Gasteiger partial charge on any atom is -0.385 e. The second-order valence-corrected chi connectivity index (χ2v) is 4.70. The minimum absolute atomic E-state index is 0.277. The van der Waals surface area contributed by atoms with Gasteiger partial charge < -0.3 is 10.2 Å². The fourth-order valence-corrected chi connectivity index (χ4v) is 1.90. The number of hydrogen-bond acceptors (Lipinski definition) is 3. The van der Waals surface area contributed by atoms with Crippen molar-refractivity contribution < 1.29 is 9.18 Å². The van der Waals surface area contributed by atoms with E-state index in [1.807, 2.05) is 6.07 Å². The van der Waals surface area contributed by atoms with Gasteiger partial charge in [-0.25, -0.2) is 4.39 Å². The topological polar surface area (TPSA) is 45.2 Å². The number of amides is 1. The first-order chi connectivity index (χ1) is 10.1. The molecule has 0 aliphatic rings. The minimum atomic E-state index is -0.376. The molecule has 1 heterocycles. The van der Waals surface area contributed by atoms with Gasteiger partial charge in [0.2, 0.25) is 0 Å². The number of pyridine rings is 1. The van der Waals surface area contributed by atoms with Crippen LogP contribution in [0.1, 0.15) is 23.8 Å². The molecule has 0 aliphatic heterocycles. The van der Waals surface area contributed by atoms with Crippen LogP contribution in [0.5, 0.6) is 0 Å². The lowest BCUT2D eigenvalue weighted by Gasteiger charge is -2.17. The van der Waals surface area contributed by atoms with Crippen molar-refractivity contribution in [2.75, 3.05) is 23.8 Å².